The van der Waals surface area contributed by atoms with Crippen molar-refractivity contribution in [3.8, 4) is 0 Å². The van der Waals surface area contributed by atoms with Gasteiger partial charge in [0.25, 0.3) is 0 Å². The summed E-state index contributed by atoms with van der Waals surface area (Å²) in [5.74, 6) is -0.498. The van der Waals surface area contributed by atoms with Crippen molar-refractivity contribution >= 4 is 11.9 Å². The van der Waals surface area contributed by atoms with Gasteiger partial charge in [-0.05, 0) is 83.5 Å². The molecule has 0 saturated heterocycles. The third-order valence-electron chi connectivity index (χ3n) is 12.4. The largest absolute Gasteiger partial charge is 0.462 e. The summed E-state index contributed by atoms with van der Waals surface area (Å²) in [4.78, 5) is 25.5. The predicted octanol–water partition coefficient (Wildman–Crippen LogP) is 20.0. The highest BCUT2D eigenvalue weighted by atomic mass is 16.6. The molecule has 1 atom stereocenters. The van der Waals surface area contributed by atoms with Gasteiger partial charge in [0.15, 0.2) is 6.10 Å². The van der Waals surface area contributed by atoms with Crippen LogP contribution in [0.3, 0.4) is 0 Å². The van der Waals surface area contributed by atoms with Gasteiger partial charge in [0.05, 0.1) is 6.61 Å². The average Bonchev–Trinajstić information content (AvgIpc) is 3.34. The topological polar surface area (TPSA) is 61.8 Å². The minimum Gasteiger partial charge on any atom is -0.462 e. The van der Waals surface area contributed by atoms with E-state index in [1.807, 2.05) is 6.08 Å². The molecule has 0 saturated carbocycles. The van der Waals surface area contributed by atoms with Crippen LogP contribution in [0.2, 0.25) is 0 Å². The van der Waals surface area contributed by atoms with Crippen LogP contribution >= 0.6 is 0 Å². The zero-order chi connectivity index (χ0) is 49.2. The number of rotatable bonds is 53. The van der Waals surface area contributed by atoms with Crippen LogP contribution in [0.4, 0.5) is 0 Å². The average molecular weight is 948 g/mol. The fourth-order valence-electron chi connectivity index (χ4n) is 8.12. The number of allylic oxidation sites excluding steroid dienone is 14. The molecule has 0 aromatic heterocycles. The van der Waals surface area contributed by atoms with Crippen molar-refractivity contribution in [1.82, 2.24) is 0 Å². The highest BCUT2D eigenvalue weighted by Crippen LogP contribution is 2.16. The Morgan fingerprint density at radius 1 is 0.338 bits per heavy atom. The molecule has 68 heavy (non-hydrogen) atoms. The summed E-state index contributed by atoms with van der Waals surface area (Å²) < 4.78 is 17.4. The molecule has 0 radical (unpaired) electrons. The standard InChI is InChI=1S/C63H110O5/c1-4-7-10-13-16-19-22-25-27-29-31-33-35-37-40-43-46-49-52-55-58-66-59-61(68-63(65)57-54-51-48-45-42-38-24-21-18-15-12-9-6-3)60-67-62(64)56-53-50-47-44-41-39-36-34-32-30-28-26-23-20-17-14-11-8-5-2/h9,12,17-18,20-21,26,28,32,34,38,42,48,51,61H,4-8,10-11,13-16,19,22-25,27,29-31,33,35-37,39-41,43-47,49-50,52-60H2,1-3H3/b12-9-,20-17-,21-18-,28-26-,34-32-,42-38-,51-48-. The fraction of sp³-hybridized carbons (Fsp3) is 0.746. The third-order valence-corrected chi connectivity index (χ3v) is 12.4. The molecule has 0 spiro atoms. The van der Waals surface area contributed by atoms with Crippen LogP contribution in [0.25, 0.3) is 0 Å². The van der Waals surface area contributed by atoms with E-state index in [1.165, 1.54) is 161 Å². The van der Waals surface area contributed by atoms with Gasteiger partial charge in [-0.2, -0.15) is 0 Å². The van der Waals surface area contributed by atoms with E-state index in [2.05, 4.69) is 99.8 Å². The Morgan fingerprint density at radius 2 is 0.691 bits per heavy atom. The maximum absolute atomic E-state index is 12.8. The third kappa shape index (κ3) is 55.7. The maximum Gasteiger partial charge on any atom is 0.306 e. The molecule has 0 aliphatic rings. The fourth-order valence-corrected chi connectivity index (χ4v) is 8.12. The van der Waals surface area contributed by atoms with Gasteiger partial charge in [0.1, 0.15) is 6.61 Å². The first-order chi connectivity index (χ1) is 33.6. The van der Waals surface area contributed by atoms with Crippen molar-refractivity contribution in [3.63, 3.8) is 0 Å². The molecule has 0 aliphatic heterocycles. The first kappa shape index (κ1) is 65.1. The van der Waals surface area contributed by atoms with Crippen molar-refractivity contribution in [2.45, 2.75) is 284 Å². The smallest absolute Gasteiger partial charge is 0.306 e. The van der Waals surface area contributed by atoms with Crippen LogP contribution in [0, 0.1) is 0 Å². The van der Waals surface area contributed by atoms with E-state index in [0.29, 0.717) is 25.9 Å². The Bertz CT molecular complexity index is 1250. The molecule has 392 valence electrons. The highest BCUT2D eigenvalue weighted by molar-refractivity contribution is 5.70. The summed E-state index contributed by atoms with van der Waals surface area (Å²) in [5, 5.41) is 0. The molecule has 0 aromatic carbocycles. The van der Waals surface area contributed by atoms with E-state index in [-0.39, 0.29) is 25.2 Å². The molecular formula is C63H110O5. The number of hydrogen-bond acceptors (Lipinski definition) is 5. The molecule has 0 rings (SSSR count). The van der Waals surface area contributed by atoms with E-state index in [4.69, 9.17) is 14.2 Å². The zero-order valence-corrected chi connectivity index (χ0v) is 45.1. The van der Waals surface area contributed by atoms with Gasteiger partial charge in [-0.25, -0.2) is 0 Å². The van der Waals surface area contributed by atoms with E-state index < -0.39 is 6.10 Å². The second-order valence-electron chi connectivity index (χ2n) is 19.2. The van der Waals surface area contributed by atoms with Gasteiger partial charge in [-0.15, -0.1) is 0 Å². The van der Waals surface area contributed by atoms with Gasteiger partial charge in [-0.3, -0.25) is 9.59 Å². The molecule has 0 amide bonds. The van der Waals surface area contributed by atoms with Gasteiger partial charge in [0.2, 0.25) is 0 Å². The molecule has 0 heterocycles. The summed E-state index contributed by atoms with van der Waals surface area (Å²) in [5.41, 5.74) is 0. The van der Waals surface area contributed by atoms with Crippen LogP contribution in [0.15, 0.2) is 85.1 Å². The lowest BCUT2D eigenvalue weighted by molar-refractivity contribution is -0.162. The van der Waals surface area contributed by atoms with Gasteiger partial charge >= 0.3 is 11.9 Å². The number of carbonyl (C=O) groups excluding carboxylic acids is 2. The number of ether oxygens (including phenoxy) is 3. The molecule has 0 fully saturated rings. The summed E-state index contributed by atoms with van der Waals surface area (Å²) in [6.45, 7) is 7.63. The quantitative estimate of drug-likeness (QED) is 0.0345. The van der Waals surface area contributed by atoms with Crippen molar-refractivity contribution in [2.24, 2.45) is 0 Å². The molecular weight excluding hydrogens is 837 g/mol. The van der Waals surface area contributed by atoms with Gasteiger partial charge < -0.3 is 14.2 Å². The Morgan fingerprint density at radius 3 is 1.15 bits per heavy atom. The molecule has 0 aliphatic carbocycles. The van der Waals surface area contributed by atoms with Crippen molar-refractivity contribution in [1.29, 1.82) is 0 Å². The minimum absolute atomic E-state index is 0.0489. The number of carbonyl (C=O) groups is 2. The van der Waals surface area contributed by atoms with Crippen molar-refractivity contribution in [3.05, 3.63) is 85.1 Å². The lowest BCUT2D eigenvalue weighted by Crippen LogP contribution is -2.30. The van der Waals surface area contributed by atoms with Crippen LogP contribution in [0.5, 0.6) is 0 Å². The lowest BCUT2D eigenvalue weighted by atomic mass is 10.0. The van der Waals surface area contributed by atoms with E-state index in [0.717, 1.165) is 77.0 Å². The molecule has 1 unspecified atom stereocenters. The van der Waals surface area contributed by atoms with Crippen LogP contribution in [-0.4, -0.2) is 37.9 Å². The van der Waals surface area contributed by atoms with Gasteiger partial charge in [0, 0.05) is 19.4 Å². The SMILES string of the molecule is CC/C=C\C/C=C\C/C=C\C/C=C\CCC(=O)OC(COCCCCCCCCCCCCCCCCCCCCCC)COC(=O)CCCCCCCC/C=C\C/C=C\C/C=C\CCCCC. The molecule has 5 heteroatoms. The molecule has 5 nitrogen and oxygen atoms in total. The highest BCUT2D eigenvalue weighted by Gasteiger charge is 2.17. The minimum atomic E-state index is -0.582. The molecule has 0 aromatic rings. The normalized spacial score (nSPS) is 12.8. The Labute approximate surface area is 422 Å². The summed E-state index contributed by atoms with van der Waals surface area (Å²) in [6.07, 6.45) is 77.7. The van der Waals surface area contributed by atoms with Crippen LogP contribution in [0.1, 0.15) is 278 Å². The zero-order valence-electron chi connectivity index (χ0n) is 45.1. The van der Waals surface area contributed by atoms with Crippen LogP contribution < -0.4 is 0 Å². The Kier molecular flexibility index (Phi) is 55.9. The summed E-state index contributed by atoms with van der Waals surface area (Å²) in [7, 11) is 0. The first-order valence-electron chi connectivity index (χ1n) is 29.1. The van der Waals surface area contributed by atoms with E-state index >= 15 is 0 Å². The summed E-state index contributed by atoms with van der Waals surface area (Å²) >= 11 is 0. The first-order valence-corrected chi connectivity index (χ1v) is 29.1. The predicted molar refractivity (Wildman–Crippen MR) is 297 cm³/mol. The van der Waals surface area contributed by atoms with E-state index in [1.54, 1.807) is 0 Å². The number of esters is 2. The Balaban J connectivity index is 4.30. The van der Waals surface area contributed by atoms with Crippen LogP contribution in [-0.2, 0) is 23.8 Å². The van der Waals surface area contributed by atoms with E-state index in [9.17, 15) is 9.59 Å². The lowest BCUT2D eigenvalue weighted by Gasteiger charge is -2.18. The van der Waals surface area contributed by atoms with Gasteiger partial charge in [-0.1, -0.05) is 266 Å². The number of hydrogen-bond donors (Lipinski definition) is 0. The summed E-state index contributed by atoms with van der Waals surface area (Å²) in [6, 6.07) is 0. The maximum atomic E-state index is 12.8. The molecule has 0 N–H and O–H groups in total. The van der Waals surface area contributed by atoms with Crippen molar-refractivity contribution in [2.75, 3.05) is 19.8 Å². The second-order valence-corrected chi connectivity index (χ2v) is 19.2. The van der Waals surface area contributed by atoms with Crippen molar-refractivity contribution < 1.29 is 23.8 Å². The second kappa shape index (κ2) is 58.4. The number of unbranched alkanes of at least 4 members (excludes halogenated alkanes) is 28. The Hall–Kier alpha value is -2.92. The molecule has 0 bridgehead atoms. The monoisotopic (exact) mass is 947 g/mol.